The number of hydrogen-bond acceptors (Lipinski definition) is 6. The summed E-state index contributed by atoms with van der Waals surface area (Å²) in [5.74, 6) is -0.650. The molecule has 202 valence electrons. The summed E-state index contributed by atoms with van der Waals surface area (Å²) in [7, 11) is -8.00. The van der Waals surface area contributed by atoms with Gasteiger partial charge in [0, 0.05) is 28.8 Å². The van der Waals surface area contributed by atoms with Gasteiger partial charge in [0.15, 0.2) is 0 Å². The van der Waals surface area contributed by atoms with Gasteiger partial charge in [-0.25, -0.2) is 16.8 Å². The van der Waals surface area contributed by atoms with Crippen LogP contribution in [-0.4, -0.2) is 41.9 Å². The third kappa shape index (κ3) is 6.78. The molecule has 0 bridgehead atoms. The summed E-state index contributed by atoms with van der Waals surface area (Å²) in [6, 6.07) is 15.1. The molecule has 0 spiro atoms. The summed E-state index contributed by atoms with van der Waals surface area (Å²) >= 11 is 11.7. The molecular weight excluding hydrogens is 571 g/mol. The number of carbonyl (C=O) groups is 1. The first kappa shape index (κ1) is 28.2. The zero-order valence-electron chi connectivity index (χ0n) is 20.3. The first-order valence-electron chi connectivity index (χ1n) is 11.7. The van der Waals surface area contributed by atoms with Crippen molar-refractivity contribution in [3.8, 4) is 0 Å². The van der Waals surface area contributed by atoms with Gasteiger partial charge in [-0.1, -0.05) is 23.2 Å². The number of carbonyl (C=O) groups excluding carboxylic acids is 1. The minimum Gasteiger partial charge on any atom is -0.370 e. The zero-order valence-corrected chi connectivity index (χ0v) is 23.5. The average Bonchev–Trinajstić information content (AvgIpc) is 3.40. The Hall–Kier alpha value is -2.83. The van der Waals surface area contributed by atoms with E-state index in [-0.39, 0.29) is 15.5 Å². The predicted molar refractivity (Wildman–Crippen MR) is 150 cm³/mol. The zero-order chi connectivity index (χ0) is 27.5. The third-order valence-electron chi connectivity index (χ3n) is 5.93. The Labute approximate surface area is 232 Å². The number of nitrogens with one attached hydrogen (secondary N) is 3. The Morgan fingerprint density at radius 2 is 1.37 bits per heavy atom. The van der Waals surface area contributed by atoms with E-state index in [0.717, 1.165) is 25.9 Å². The number of amides is 1. The fourth-order valence-electron chi connectivity index (χ4n) is 3.96. The van der Waals surface area contributed by atoms with Crippen molar-refractivity contribution in [2.75, 3.05) is 28.0 Å². The summed E-state index contributed by atoms with van der Waals surface area (Å²) in [4.78, 5) is 15.0. The lowest BCUT2D eigenvalue weighted by Crippen LogP contribution is -2.41. The van der Waals surface area contributed by atoms with Gasteiger partial charge in [0.2, 0.25) is 15.9 Å². The molecule has 0 saturated carbocycles. The van der Waals surface area contributed by atoms with Crippen LogP contribution in [0.25, 0.3) is 0 Å². The van der Waals surface area contributed by atoms with Gasteiger partial charge in [-0.2, -0.15) is 4.72 Å². The normalized spacial score (nSPS) is 14.8. The van der Waals surface area contributed by atoms with Crippen molar-refractivity contribution < 1.29 is 21.6 Å². The molecule has 9 nitrogen and oxygen atoms in total. The highest BCUT2D eigenvalue weighted by Gasteiger charge is 2.25. The van der Waals surface area contributed by atoms with Gasteiger partial charge in [-0.15, -0.1) is 0 Å². The molecule has 0 aliphatic carbocycles. The molecule has 4 rings (SSSR count). The molecule has 1 fully saturated rings. The number of anilines is 3. The molecule has 38 heavy (non-hydrogen) atoms. The number of nitrogens with zero attached hydrogens (tertiary/aromatic N) is 1. The Bertz CT molecular complexity index is 1520. The summed E-state index contributed by atoms with van der Waals surface area (Å²) in [5.41, 5.74) is 1.23. The van der Waals surface area contributed by atoms with Gasteiger partial charge < -0.3 is 10.2 Å². The molecule has 1 amide bonds. The van der Waals surface area contributed by atoms with Crippen LogP contribution in [-0.2, 0) is 24.8 Å². The van der Waals surface area contributed by atoms with E-state index in [9.17, 15) is 21.6 Å². The lowest BCUT2D eigenvalue weighted by Gasteiger charge is -2.23. The first-order chi connectivity index (χ1) is 17.9. The van der Waals surface area contributed by atoms with Crippen molar-refractivity contribution >= 4 is 66.2 Å². The monoisotopic (exact) mass is 596 g/mol. The van der Waals surface area contributed by atoms with Crippen molar-refractivity contribution in [2.24, 2.45) is 0 Å². The second kappa shape index (κ2) is 11.5. The Morgan fingerprint density at radius 3 is 1.97 bits per heavy atom. The summed E-state index contributed by atoms with van der Waals surface area (Å²) in [6.45, 7) is 2.90. The number of rotatable bonds is 9. The largest absolute Gasteiger partial charge is 0.370 e. The van der Waals surface area contributed by atoms with Gasteiger partial charge >= 0.3 is 0 Å². The molecule has 1 atom stereocenters. The smallest absolute Gasteiger partial charge is 0.261 e. The van der Waals surface area contributed by atoms with Crippen LogP contribution >= 0.6 is 23.2 Å². The van der Waals surface area contributed by atoms with Crippen molar-refractivity contribution in [3.63, 3.8) is 0 Å². The highest BCUT2D eigenvalue weighted by atomic mass is 35.5. The molecule has 1 heterocycles. The van der Waals surface area contributed by atoms with Crippen LogP contribution in [0.2, 0.25) is 10.0 Å². The second-order valence-electron chi connectivity index (χ2n) is 8.77. The standard InChI is InChI=1S/C25H26Cl2N4O5S2/c1-17(29-37(33,34)21-10-6-19(27)7-11-21)25(32)28-23-16-22(12-13-24(23)31-14-2-3-15-31)38(35,36)30-20-8-4-18(26)5-9-20/h4-13,16-17,29-30H,2-3,14-15H2,1H3,(H,28,32). The maximum absolute atomic E-state index is 13.1. The SMILES string of the molecule is CC(NS(=O)(=O)c1ccc(Cl)cc1)C(=O)Nc1cc(S(=O)(=O)Nc2ccc(Cl)cc2)ccc1N1CCCC1. The van der Waals surface area contributed by atoms with Crippen LogP contribution < -0.4 is 19.7 Å². The fraction of sp³-hybridized carbons (Fsp3) is 0.240. The topological polar surface area (TPSA) is 125 Å². The molecule has 1 aliphatic rings. The highest BCUT2D eigenvalue weighted by Crippen LogP contribution is 2.32. The van der Waals surface area contributed by atoms with E-state index in [1.807, 2.05) is 4.90 Å². The number of benzene rings is 3. The lowest BCUT2D eigenvalue weighted by atomic mass is 10.2. The van der Waals surface area contributed by atoms with E-state index >= 15 is 0 Å². The molecular formula is C25H26Cl2N4O5S2. The van der Waals surface area contributed by atoms with Gasteiger partial charge in [-0.05, 0) is 86.5 Å². The van der Waals surface area contributed by atoms with E-state index in [0.29, 0.717) is 21.4 Å². The fourth-order valence-corrected chi connectivity index (χ4v) is 6.50. The van der Waals surface area contributed by atoms with Crippen molar-refractivity contribution in [3.05, 3.63) is 76.8 Å². The quantitative estimate of drug-likeness (QED) is 0.329. The van der Waals surface area contributed by atoms with Crippen LogP contribution in [0.15, 0.2) is 76.5 Å². The first-order valence-corrected chi connectivity index (χ1v) is 15.4. The summed E-state index contributed by atoms with van der Waals surface area (Å²) in [6.07, 6.45) is 1.92. The highest BCUT2D eigenvalue weighted by molar-refractivity contribution is 7.92. The van der Waals surface area contributed by atoms with E-state index < -0.39 is 32.0 Å². The van der Waals surface area contributed by atoms with Crippen LogP contribution in [0, 0.1) is 0 Å². The Kier molecular flexibility index (Phi) is 8.53. The van der Waals surface area contributed by atoms with Crippen molar-refractivity contribution in [1.82, 2.24) is 4.72 Å². The van der Waals surface area contributed by atoms with E-state index in [2.05, 4.69) is 14.8 Å². The van der Waals surface area contributed by atoms with Gasteiger partial charge in [-0.3, -0.25) is 9.52 Å². The number of halogens is 2. The van der Waals surface area contributed by atoms with Gasteiger partial charge in [0.1, 0.15) is 0 Å². The van der Waals surface area contributed by atoms with Crippen LogP contribution in [0.3, 0.4) is 0 Å². The molecule has 1 aliphatic heterocycles. The number of hydrogen-bond donors (Lipinski definition) is 3. The summed E-state index contributed by atoms with van der Waals surface area (Å²) < 4.78 is 56.5. The minimum absolute atomic E-state index is 0.0410. The number of sulfonamides is 2. The molecule has 3 aromatic rings. The molecule has 1 saturated heterocycles. The minimum atomic E-state index is -4.00. The van der Waals surface area contributed by atoms with Crippen LogP contribution in [0.5, 0.6) is 0 Å². The molecule has 1 unspecified atom stereocenters. The predicted octanol–water partition coefficient (Wildman–Crippen LogP) is 4.70. The molecule has 0 radical (unpaired) electrons. The Balaban J connectivity index is 1.58. The lowest BCUT2D eigenvalue weighted by molar-refractivity contribution is -0.117. The second-order valence-corrected chi connectivity index (χ2v) is 13.0. The van der Waals surface area contributed by atoms with E-state index in [1.54, 1.807) is 18.2 Å². The molecule has 13 heteroatoms. The average molecular weight is 598 g/mol. The molecule has 0 aromatic heterocycles. The van der Waals surface area contributed by atoms with Gasteiger partial charge in [0.25, 0.3) is 10.0 Å². The van der Waals surface area contributed by atoms with Crippen molar-refractivity contribution in [2.45, 2.75) is 35.6 Å². The summed E-state index contributed by atoms with van der Waals surface area (Å²) in [5, 5.41) is 3.56. The van der Waals surface area contributed by atoms with Crippen LogP contribution in [0.4, 0.5) is 17.1 Å². The molecule has 3 N–H and O–H groups in total. The van der Waals surface area contributed by atoms with E-state index in [4.69, 9.17) is 23.2 Å². The maximum Gasteiger partial charge on any atom is 0.261 e. The van der Waals surface area contributed by atoms with Crippen LogP contribution in [0.1, 0.15) is 19.8 Å². The van der Waals surface area contributed by atoms with Gasteiger partial charge in [0.05, 0.1) is 27.2 Å². The Morgan fingerprint density at radius 1 is 0.816 bits per heavy atom. The third-order valence-corrected chi connectivity index (χ3v) is 9.37. The van der Waals surface area contributed by atoms with Crippen molar-refractivity contribution in [1.29, 1.82) is 0 Å². The van der Waals surface area contributed by atoms with E-state index in [1.165, 1.54) is 55.5 Å². The molecule has 3 aromatic carbocycles. The maximum atomic E-state index is 13.1.